The molecule has 2 aromatic heterocycles. The van der Waals surface area contributed by atoms with Gasteiger partial charge in [0.05, 0.1) is 6.20 Å². The number of furan rings is 1. The third-order valence-corrected chi connectivity index (χ3v) is 1.41. The number of nitrogens with zero attached hydrogens (tertiary/aromatic N) is 2. The standard InChI is InChI=1S/C6H4ClN3O/c7-4-1-3-6(11-4)9-2-5(8)10-3/h1-2H,(H2,8,10). The molecule has 0 amide bonds. The van der Waals surface area contributed by atoms with E-state index in [0.717, 1.165) is 0 Å². The molecule has 2 heterocycles. The second-order valence-electron chi connectivity index (χ2n) is 2.04. The first kappa shape index (κ1) is 6.42. The number of halogens is 1. The Bertz CT molecular complexity index is 398. The summed E-state index contributed by atoms with van der Waals surface area (Å²) in [7, 11) is 0. The molecule has 2 aromatic rings. The molecular formula is C6H4ClN3O. The molecule has 0 unspecified atom stereocenters. The zero-order valence-corrected chi connectivity index (χ0v) is 6.17. The van der Waals surface area contributed by atoms with Crippen LogP contribution in [0.3, 0.4) is 0 Å². The largest absolute Gasteiger partial charge is 0.425 e. The molecule has 0 saturated heterocycles. The van der Waals surface area contributed by atoms with Gasteiger partial charge in [-0.3, -0.25) is 0 Å². The molecule has 4 nitrogen and oxygen atoms in total. The lowest BCUT2D eigenvalue weighted by Gasteiger charge is -1.87. The minimum absolute atomic E-state index is 0.269. The first-order valence-corrected chi connectivity index (χ1v) is 3.31. The maximum absolute atomic E-state index is 5.55. The first-order chi connectivity index (χ1) is 5.25. The fraction of sp³-hybridized carbons (Fsp3) is 0. The van der Waals surface area contributed by atoms with Crippen LogP contribution in [0.4, 0.5) is 5.82 Å². The lowest BCUT2D eigenvalue weighted by molar-refractivity contribution is 0.604. The normalized spacial score (nSPS) is 10.6. The molecule has 11 heavy (non-hydrogen) atoms. The average Bonchev–Trinajstić information content (AvgIpc) is 2.27. The van der Waals surface area contributed by atoms with Gasteiger partial charge in [0.25, 0.3) is 0 Å². The van der Waals surface area contributed by atoms with Gasteiger partial charge in [0.1, 0.15) is 11.3 Å². The Morgan fingerprint density at radius 3 is 3.18 bits per heavy atom. The summed E-state index contributed by atoms with van der Waals surface area (Å²) in [6, 6.07) is 1.57. The van der Waals surface area contributed by atoms with Crippen LogP contribution in [0.25, 0.3) is 11.2 Å². The van der Waals surface area contributed by atoms with E-state index in [1.165, 1.54) is 6.20 Å². The van der Waals surface area contributed by atoms with E-state index in [9.17, 15) is 0 Å². The van der Waals surface area contributed by atoms with Crippen molar-refractivity contribution in [3.63, 3.8) is 0 Å². The highest BCUT2D eigenvalue weighted by molar-refractivity contribution is 6.29. The van der Waals surface area contributed by atoms with Crippen molar-refractivity contribution in [1.82, 2.24) is 9.97 Å². The van der Waals surface area contributed by atoms with Crippen molar-refractivity contribution in [2.45, 2.75) is 0 Å². The van der Waals surface area contributed by atoms with E-state index in [0.29, 0.717) is 17.0 Å². The second-order valence-corrected chi connectivity index (χ2v) is 2.41. The van der Waals surface area contributed by atoms with Gasteiger partial charge in [0.15, 0.2) is 5.22 Å². The minimum atomic E-state index is 0.269. The Kier molecular flexibility index (Phi) is 1.22. The maximum atomic E-state index is 5.55. The van der Waals surface area contributed by atoms with Crippen LogP contribution in [0.5, 0.6) is 0 Å². The van der Waals surface area contributed by atoms with Gasteiger partial charge >= 0.3 is 0 Å². The van der Waals surface area contributed by atoms with Crippen LogP contribution in [0.2, 0.25) is 5.22 Å². The number of anilines is 1. The Morgan fingerprint density at radius 1 is 1.55 bits per heavy atom. The van der Waals surface area contributed by atoms with E-state index in [2.05, 4.69) is 9.97 Å². The molecule has 0 fully saturated rings. The zero-order valence-electron chi connectivity index (χ0n) is 5.41. The molecule has 5 heteroatoms. The van der Waals surface area contributed by atoms with Crippen LogP contribution in [0.15, 0.2) is 16.7 Å². The topological polar surface area (TPSA) is 64.9 Å². The van der Waals surface area contributed by atoms with E-state index in [4.69, 9.17) is 21.8 Å². The van der Waals surface area contributed by atoms with Crippen molar-refractivity contribution < 1.29 is 4.42 Å². The predicted octanol–water partition coefficient (Wildman–Crippen LogP) is 1.46. The molecule has 0 bridgehead atoms. The number of nitrogen functional groups attached to an aromatic ring is 1. The monoisotopic (exact) mass is 169 g/mol. The maximum Gasteiger partial charge on any atom is 0.246 e. The molecule has 0 aliphatic rings. The van der Waals surface area contributed by atoms with Crippen LogP contribution in [-0.4, -0.2) is 9.97 Å². The van der Waals surface area contributed by atoms with E-state index in [1.807, 2.05) is 0 Å². The highest BCUT2D eigenvalue weighted by atomic mass is 35.5. The third kappa shape index (κ3) is 1.01. The van der Waals surface area contributed by atoms with Crippen LogP contribution in [0, 0.1) is 0 Å². The number of rotatable bonds is 0. The van der Waals surface area contributed by atoms with Crippen molar-refractivity contribution in [3.8, 4) is 0 Å². The molecule has 0 aromatic carbocycles. The quantitative estimate of drug-likeness (QED) is 0.649. The summed E-state index contributed by atoms with van der Waals surface area (Å²) in [5, 5.41) is 0.269. The van der Waals surface area contributed by atoms with Gasteiger partial charge in [-0.2, -0.15) is 0 Å². The SMILES string of the molecule is Nc1cnc2oc(Cl)cc2n1. The molecule has 0 spiro atoms. The number of hydrogen-bond donors (Lipinski definition) is 1. The Labute approximate surface area is 67.0 Å². The fourth-order valence-corrected chi connectivity index (χ4v) is 0.985. The fourth-order valence-electron chi connectivity index (χ4n) is 0.809. The van der Waals surface area contributed by atoms with Gasteiger partial charge in [-0.25, -0.2) is 9.97 Å². The molecule has 0 aliphatic carbocycles. The molecule has 0 radical (unpaired) electrons. The molecule has 0 saturated carbocycles. The average molecular weight is 170 g/mol. The van der Waals surface area contributed by atoms with E-state index in [1.54, 1.807) is 6.07 Å². The lowest BCUT2D eigenvalue weighted by Crippen LogP contribution is -1.89. The summed E-state index contributed by atoms with van der Waals surface area (Å²) in [6.07, 6.45) is 1.42. The Morgan fingerprint density at radius 2 is 2.36 bits per heavy atom. The van der Waals surface area contributed by atoms with Gasteiger partial charge in [-0.15, -0.1) is 0 Å². The number of aromatic nitrogens is 2. The summed E-state index contributed by atoms with van der Waals surface area (Å²) in [6.45, 7) is 0. The summed E-state index contributed by atoms with van der Waals surface area (Å²) in [5.74, 6) is 0.356. The van der Waals surface area contributed by atoms with Crippen molar-refractivity contribution in [3.05, 3.63) is 17.5 Å². The van der Waals surface area contributed by atoms with Crippen molar-refractivity contribution >= 4 is 28.6 Å². The highest BCUT2D eigenvalue weighted by Gasteiger charge is 2.02. The smallest absolute Gasteiger partial charge is 0.246 e. The lowest BCUT2D eigenvalue weighted by atomic mass is 10.5. The second kappa shape index (κ2) is 2.10. The van der Waals surface area contributed by atoms with Gasteiger partial charge in [-0.1, -0.05) is 0 Å². The molecule has 2 rings (SSSR count). The Balaban J connectivity index is 2.82. The molecular weight excluding hydrogens is 166 g/mol. The highest BCUT2D eigenvalue weighted by Crippen LogP contribution is 2.19. The third-order valence-electron chi connectivity index (χ3n) is 1.23. The summed E-state index contributed by atoms with van der Waals surface area (Å²) < 4.78 is 4.96. The summed E-state index contributed by atoms with van der Waals surface area (Å²) >= 11 is 5.55. The van der Waals surface area contributed by atoms with Crippen molar-refractivity contribution in [2.75, 3.05) is 5.73 Å². The number of nitrogens with two attached hydrogens (primary N) is 1. The van der Waals surface area contributed by atoms with Crippen LogP contribution in [-0.2, 0) is 0 Å². The van der Waals surface area contributed by atoms with E-state index >= 15 is 0 Å². The van der Waals surface area contributed by atoms with Crippen LogP contribution in [0.1, 0.15) is 0 Å². The Hall–Kier alpha value is -1.29. The molecule has 0 aliphatic heterocycles. The number of fused-ring (bicyclic) bond motifs is 1. The summed E-state index contributed by atoms with van der Waals surface area (Å²) in [5.41, 5.74) is 6.36. The van der Waals surface area contributed by atoms with Gasteiger partial charge in [-0.05, 0) is 11.6 Å². The van der Waals surface area contributed by atoms with Crippen molar-refractivity contribution in [2.24, 2.45) is 0 Å². The van der Waals surface area contributed by atoms with E-state index < -0.39 is 0 Å². The minimum Gasteiger partial charge on any atom is -0.425 e. The summed E-state index contributed by atoms with van der Waals surface area (Å²) in [4.78, 5) is 7.80. The van der Waals surface area contributed by atoms with E-state index in [-0.39, 0.29) is 5.22 Å². The van der Waals surface area contributed by atoms with Gasteiger partial charge in [0, 0.05) is 6.07 Å². The van der Waals surface area contributed by atoms with Crippen molar-refractivity contribution in [1.29, 1.82) is 0 Å². The van der Waals surface area contributed by atoms with Gasteiger partial charge < -0.3 is 10.2 Å². The van der Waals surface area contributed by atoms with Gasteiger partial charge in [0.2, 0.25) is 5.71 Å². The van der Waals surface area contributed by atoms with Crippen LogP contribution < -0.4 is 5.73 Å². The zero-order chi connectivity index (χ0) is 7.84. The molecule has 0 atom stereocenters. The predicted molar refractivity (Wildman–Crippen MR) is 41.2 cm³/mol. The first-order valence-electron chi connectivity index (χ1n) is 2.93. The molecule has 56 valence electrons. The number of hydrogen-bond acceptors (Lipinski definition) is 4. The van der Waals surface area contributed by atoms with Crippen LogP contribution >= 0.6 is 11.6 Å². The molecule has 2 N–H and O–H groups in total.